The van der Waals surface area contributed by atoms with Gasteiger partial charge < -0.3 is 24.6 Å². The van der Waals surface area contributed by atoms with Crippen LogP contribution in [-0.2, 0) is 9.47 Å². The van der Waals surface area contributed by atoms with E-state index in [-0.39, 0.29) is 17.9 Å². The number of hydrogen-bond acceptors (Lipinski definition) is 5. The van der Waals surface area contributed by atoms with Gasteiger partial charge in [0.1, 0.15) is 11.5 Å². The predicted molar refractivity (Wildman–Crippen MR) is 64.8 cm³/mol. The monoisotopic (exact) mass is 255 g/mol. The second-order valence-electron chi connectivity index (χ2n) is 3.49. The van der Waals surface area contributed by atoms with E-state index in [2.05, 4.69) is 5.32 Å². The number of carbonyl (C=O) groups is 1. The Kier molecular flexibility index (Phi) is 5.41. The molecule has 100 valence electrons. The van der Waals surface area contributed by atoms with E-state index in [1.54, 1.807) is 6.07 Å². The Hall–Kier alpha value is -1.79. The molecule has 0 saturated heterocycles. The summed E-state index contributed by atoms with van der Waals surface area (Å²) in [5.41, 5.74) is 0.139. The van der Waals surface area contributed by atoms with E-state index in [0.29, 0.717) is 5.75 Å². The van der Waals surface area contributed by atoms with E-state index < -0.39 is 12.2 Å². The molecule has 0 radical (unpaired) electrons. The van der Waals surface area contributed by atoms with Crippen molar-refractivity contribution in [3.63, 3.8) is 0 Å². The first-order chi connectivity index (χ1) is 8.62. The van der Waals surface area contributed by atoms with Crippen molar-refractivity contribution >= 4 is 5.91 Å². The zero-order chi connectivity index (χ0) is 13.5. The van der Waals surface area contributed by atoms with Crippen molar-refractivity contribution in [1.82, 2.24) is 5.32 Å². The van der Waals surface area contributed by atoms with E-state index in [4.69, 9.17) is 14.2 Å². The number of methoxy groups -OCH3 is 3. The number of rotatable bonds is 6. The van der Waals surface area contributed by atoms with Crippen LogP contribution in [0, 0.1) is 0 Å². The van der Waals surface area contributed by atoms with Gasteiger partial charge in [-0.3, -0.25) is 4.79 Å². The highest BCUT2D eigenvalue weighted by Crippen LogP contribution is 2.22. The Morgan fingerprint density at radius 2 is 2.00 bits per heavy atom. The van der Waals surface area contributed by atoms with E-state index in [9.17, 15) is 9.90 Å². The maximum atomic E-state index is 11.8. The van der Waals surface area contributed by atoms with E-state index >= 15 is 0 Å². The summed E-state index contributed by atoms with van der Waals surface area (Å²) in [6.07, 6.45) is -0.526. The number of carbonyl (C=O) groups excluding carboxylic acids is 1. The van der Waals surface area contributed by atoms with Crippen LogP contribution in [0.5, 0.6) is 11.5 Å². The smallest absolute Gasteiger partial charge is 0.255 e. The SMILES string of the molecule is COc1ccc(O)c(C(=O)NCC(OC)OC)c1. The fourth-order valence-electron chi connectivity index (χ4n) is 1.36. The molecule has 18 heavy (non-hydrogen) atoms. The van der Waals surface area contributed by atoms with Crippen molar-refractivity contribution in [3.8, 4) is 11.5 Å². The molecule has 0 aliphatic rings. The quantitative estimate of drug-likeness (QED) is 0.733. The van der Waals surface area contributed by atoms with Crippen LogP contribution in [0.3, 0.4) is 0 Å². The van der Waals surface area contributed by atoms with Gasteiger partial charge in [0.2, 0.25) is 0 Å². The fraction of sp³-hybridized carbons (Fsp3) is 0.417. The summed E-state index contributed by atoms with van der Waals surface area (Å²) in [6, 6.07) is 4.43. The summed E-state index contributed by atoms with van der Waals surface area (Å²) < 4.78 is 14.9. The first-order valence-corrected chi connectivity index (χ1v) is 5.33. The molecule has 0 saturated carbocycles. The molecule has 1 aromatic rings. The third kappa shape index (κ3) is 3.61. The molecule has 0 spiro atoms. The molecule has 0 aliphatic heterocycles. The summed E-state index contributed by atoms with van der Waals surface area (Å²) in [4.78, 5) is 11.8. The van der Waals surface area contributed by atoms with Gasteiger partial charge in [-0.2, -0.15) is 0 Å². The lowest BCUT2D eigenvalue weighted by atomic mass is 10.1. The maximum absolute atomic E-state index is 11.8. The zero-order valence-electron chi connectivity index (χ0n) is 10.6. The minimum atomic E-state index is -0.526. The Balaban J connectivity index is 2.71. The minimum Gasteiger partial charge on any atom is -0.507 e. The third-order valence-corrected chi connectivity index (χ3v) is 2.40. The van der Waals surface area contributed by atoms with Crippen molar-refractivity contribution < 1.29 is 24.1 Å². The van der Waals surface area contributed by atoms with Crippen LogP contribution in [0.1, 0.15) is 10.4 Å². The van der Waals surface area contributed by atoms with Gasteiger partial charge in [-0.1, -0.05) is 0 Å². The van der Waals surface area contributed by atoms with Crippen LogP contribution in [0.2, 0.25) is 0 Å². The molecule has 6 nitrogen and oxygen atoms in total. The number of aromatic hydroxyl groups is 1. The van der Waals surface area contributed by atoms with Crippen molar-refractivity contribution in [2.75, 3.05) is 27.9 Å². The van der Waals surface area contributed by atoms with Gasteiger partial charge in [0.05, 0.1) is 19.2 Å². The molecule has 0 unspecified atom stereocenters. The molecule has 0 fully saturated rings. The van der Waals surface area contributed by atoms with Crippen LogP contribution in [0.4, 0.5) is 0 Å². The molecule has 0 aliphatic carbocycles. The standard InChI is InChI=1S/C12H17NO5/c1-16-8-4-5-10(14)9(6-8)12(15)13-7-11(17-2)18-3/h4-6,11,14H,7H2,1-3H3,(H,13,15). The summed E-state index contributed by atoms with van der Waals surface area (Å²) in [5, 5.41) is 12.2. The van der Waals surface area contributed by atoms with Gasteiger partial charge in [-0.05, 0) is 18.2 Å². The topological polar surface area (TPSA) is 77.0 Å². The van der Waals surface area contributed by atoms with Gasteiger partial charge in [0.15, 0.2) is 6.29 Å². The molecule has 0 atom stereocenters. The first kappa shape index (κ1) is 14.3. The van der Waals surface area contributed by atoms with Crippen LogP contribution in [0.15, 0.2) is 18.2 Å². The number of ether oxygens (including phenoxy) is 3. The Labute approximate surface area is 105 Å². The van der Waals surface area contributed by atoms with Crippen molar-refractivity contribution in [3.05, 3.63) is 23.8 Å². The number of phenols is 1. The second-order valence-corrected chi connectivity index (χ2v) is 3.49. The molecular formula is C12H17NO5. The van der Waals surface area contributed by atoms with E-state index in [1.807, 2.05) is 0 Å². The molecule has 1 amide bonds. The molecular weight excluding hydrogens is 238 g/mol. The summed E-state index contributed by atoms with van der Waals surface area (Å²) in [7, 11) is 4.44. The average Bonchev–Trinajstić information content (AvgIpc) is 2.40. The van der Waals surface area contributed by atoms with Crippen molar-refractivity contribution in [2.45, 2.75) is 6.29 Å². The highest BCUT2D eigenvalue weighted by Gasteiger charge is 2.14. The van der Waals surface area contributed by atoms with Gasteiger partial charge in [-0.15, -0.1) is 0 Å². The van der Waals surface area contributed by atoms with Crippen LogP contribution in [-0.4, -0.2) is 45.2 Å². The van der Waals surface area contributed by atoms with E-state index in [0.717, 1.165) is 0 Å². The molecule has 6 heteroatoms. The molecule has 0 heterocycles. The lowest BCUT2D eigenvalue weighted by Crippen LogP contribution is -2.34. The Morgan fingerprint density at radius 3 is 2.56 bits per heavy atom. The van der Waals surface area contributed by atoms with Crippen molar-refractivity contribution in [1.29, 1.82) is 0 Å². The highest BCUT2D eigenvalue weighted by molar-refractivity contribution is 5.97. The van der Waals surface area contributed by atoms with Crippen LogP contribution >= 0.6 is 0 Å². The minimum absolute atomic E-state index is 0.111. The molecule has 0 aromatic heterocycles. The average molecular weight is 255 g/mol. The zero-order valence-corrected chi connectivity index (χ0v) is 10.6. The lowest BCUT2D eigenvalue weighted by Gasteiger charge is -2.14. The summed E-state index contributed by atoms with van der Waals surface area (Å²) >= 11 is 0. The van der Waals surface area contributed by atoms with Gasteiger partial charge in [0.25, 0.3) is 5.91 Å². The Bertz CT molecular complexity index is 403. The number of phenolic OH excluding ortho intramolecular Hbond substituents is 1. The molecule has 1 rings (SSSR count). The summed E-state index contributed by atoms with van der Waals surface area (Å²) in [6.45, 7) is 0.183. The van der Waals surface area contributed by atoms with Crippen molar-refractivity contribution in [2.24, 2.45) is 0 Å². The van der Waals surface area contributed by atoms with Crippen LogP contribution < -0.4 is 10.1 Å². The number of nitrogens with one attached hydrogen (secondary N) is 1. The molecule has 0 bridgehead atoms. The van der Waals surface area contributed by atoms with Gasteiger partial charge in [0, 0.05) is 14.2 Å². The molecule has 2 N–H and O–H groups in total. The highest BCUT2D eigenvalue weighted by atomic mass is 16.7. The largest absolute Gasteiger partial charge is 0.507 e. The maximum Gasteiger partial charge on any atom is 0.255 e. The third-order valence-electron chi connectivity index (χ3n) is 2.40. The van der Waals surface area contributed by atoms with E-state index in [1.165, 1.54) is 33.5 Å². The first-order valence-electron chi connectivity index (χ1n) is 5.33. The normalized spacial score (nSPS) is 10.4. The fourth-order valence-corrected chi connectivity index (χ4v) is 1.36. The number of hydrogen-bond donors (Lipinski definition) is 2. The second kappa shape index (κ2) is 6.83. The van der Waals surface area contributed by atoms with Gasteiger partial charge >= 0.3 is 0 Å². The number of amides is 1. The predicted octanol–water partition coefficient (Wildman–Crippen LogP) is 0.749. The Morgan fingerprint density at radius 1 is 1.33 bits per heavy atom. The van der Waals surface area contributed by atoms with Gasteiger partial charge in [-0.25, -0.2) is 0 Å². The summed E-state index contributed by atoms with van der Waals surface area (Å²) in [5.74, 6) is -0.0434. The molecule has 1 aromatic carbocycles. The lowest BCUT2D eigenvalue weighted by molar-refractivity contribution is -0.0974. The number of benzene rings is 1. The van der Waals surface area contributed by atoms with Crippen LogP contribution in [0.25, 0.3) is 0 Å².